The molecule has 0 bridgehead atoms. The summed E-state index contributed by atoms with van der Waals surface area (Å²) in [4.78, 5) is 25.4. The Labute approximate surface area is 127 Å². The number of rotatable bonds is 6. The highest BCUT2D eigenvalue weighted by Gasteiger charge is 2.19. The molecule has 6 heteroatoms. The van der Waals surface area contributed by atoms with Crippen molar-refractivity contribution in [3.05, 3.63) is 56.3 Å². The van der Waals surface area contributed by atoms with Crippen molar-refractivity contribution in [1.29, 1.82) is 0 Å². The fraction of sp³-hybridized carbons (Fsp3) is 0.267. The monoisotopic (exact) mass is 304 g/mol. The first-order valence-corrected chi connectivity index (χ1v) is 7.47. The lowest BCUT2D eigenvalue weighted by Crippen LogP contribution is -2.21. The van der Waals surface area contributed by atoms with Crippen LogP contribution in [0.2, 0.25) is 0 Å². The van der Waals surface area contributed by atoms with Gasteiger partial charge in [-0.3, -0.25) is 14.9 Å². The SMILES string of the molecule is CCN(Cc1cccs1)c1ccc([N+](=O)[O-])c(C(C)=O)c1. The van der Waals surface area contributed by atoms with Gasteiger partial charge in [-0.05, 0) is 37.4 Å². The molecule has 21 heavy (non-hydrogen) atoms. The average molecular weight is 304 g/mol. The lowest BCUT2D eigenvalue weighted by molar-refractivity contribution is -0.385. The number of hydrogen-bond donors (Lipinski definition) is 0. The number of nitro benzene ring substituents is 1. The second-order valence-corrected chi connectivity index (χ2v) is 5.64. The molecule has 2 aromatic rings. The van der Waals surface area contributed by atoms with Crippen LogP contribution in [0.4, 0.5) is 11.4 Å². The molecule has 1 heterocycles. The van der Waals surface area contributed by atoms with E-state index < -0.39 is 4.92 Å². The zero-order valence-corrected chi connectivity index (χ0v) is 12.7. The molecule has 0 saturated heterocycles. The van der Waals surface area contributed by atoms with Crippen LogP contribution in [-0.4, -0.2) is 17.3 Å². The molecular weight excluding hydrogens is 288 g/mol. The Balaban J connectivity index is 2.35. The summed E-state index contributed by atoms with van der Waals surface area (Å²) in [7, 11) is 0. The molecular formula is C15H16N2O3S. The minimum atomic E-state index is -0.518. The number of benzene rings is 1. The van der Waals surface area contributed by atoms with Crippen LogP contribution in [0.5, 0.6) is 0 Å². The van der Waals surface area contributed by atoms with Gasteiger partial charge in [0, 0.05) is 23.2 Å². The maximum Gasteiger partial charge on any atom is 0.280 e. The van der Waals surface area contributed by atoms with Gasteiger partial charge in [-0.25, -0.2) is 0 Å². The zero-order valence-electron chi connectivity index (χ0n) is 11.9. The fourth-order valence-corrected chi connectivity index (χ4v) is 2.86. The van der Waals surface area contributed by atoms with Crippen LogP contribution >= 0.6 is 11.3 Å². The van der Waals surface area contributed by atoms with Crippen LogP contribution in [0.25, 0.3) is 0 Å². The summed E-state index contributed by atoms with van der Waals surface area (Å²) < 4.78 is 0. The molecule has 110 valence electrons. The van der Waals surface area contributed by atoms with Crippen LogP contribution in [-0.2, 0) is 6.54 Å². The Bertz CT molecular complexity index is 653. The molecule has 0 spiro atoms. The van der Waals surface area contributed by atoms with Crippen molar-refractivity contribution in [1.82, 2.24) is 0 Å². The Hall–Kier alpha value is -2.21. The Morgan fingerprint density at radius 1 is 1.38 bits per heavy atom. The highest BCUT2D eigenvalue weighted by molar-refractivity contribution is 7.09. The van der Waals surface area contributed by atoms with Crippen molar-refractivity contribution in [2.45, 2.75) is 20.4 Å². The third-order valence-corrected chi connectivity index (χ3v) is 4.09. The Kier molecular flexibility index (Phi) is 4.70. The van der Waals surface area contributed by atoms with E-state index in [0.717, 1.165) is 18.8 Å². The number of anilines is 1. The van der Waals surface area contributed by atoms with Gasteiger partial charge in [0.2, 0.25) is 0 Å². The molecule has 0 radical (unpaired) electrons. The number of Topliss-reactive ketones (excluding diaryl/α,β-unsaturated/α-hetero) is 1. The number of carbonyl (C=O) groups is 1. The predicted octanol–water partition coefficient (Wildman–Crippen LogP) is 3.89. The quantitative estimate of drug-likeness (QED) is 0.461. The van der Waals surface area contributed by atoms with Gasteiger partial charge >= 0.3 is 0 Å². The van der Waals surface area contributed by atoms with E-state index in [1.807, 2.05) is 24.4 Å². The zero-order chi connectivity index (χ0) is 15.4. The minimum absolute atomic E-state index is 0.140. The normalized spacial score (nSPS) is 10.4. The maximum atomic E-state index is 11.6. The number of carbonyl (C=O) groups excluding carboxylic acids is 1. The maximum absolute atomic E-state index is 11.6. The van der Waals surface area contributed by atoms with E-state index >= 15 is 0 Å². The molecule has 0 saturated carbocycles. The lowest BCUT2D eigenvalue weighted by atomic mass is 10.1. The molecule has 1 aromatic carbocycles. The van der Waals surface area contributed by atoms with Gasteiger partial charge in [-0.15, -0.1) is 11.3 Å². The largest absolute Gasteiger partial charge is 0.367 e. The van der Waals surface area contributed by atoms with Gasteiger partial charge in [-0.1, -0.05) is 6.07 Å². The smallest absolute Gasteiger partial charge is 0.280 e. The first kappa shape index (κ1) is 15.2. The molecule has 0 N–H and O–H groups in total. The van der Waals surface area contributed by atoms with Crippen molar-refractivity contribution in [3.8, 4) is 0 Å². The number of ketones is 1. The number of hydrogen-bond acceptors (Lipinski definition) is 5. The molecule has 0 aliphatic carbocycles. The predicted molar refractivity (Wildman–Crippen MR) is 84.1 cm³/mol. The first-order chi connectivity index (χ1) is 10.0. The van der Waals surface area contributed by atoms with Crippen LogP contribution in [0.15, 0.2) is 35.7 Å². The average Bonchev–Trinajstić information content (AvgIpc) is 2.97. The molecule has 0 amide bonds. The minimum Gasteiger partial charge on any atom is -0.367 e. The van der Waals surface area contributed by atoms with Crippen molar-refractivity contribution < 1.29 is 9.72 Å². The van der Waals surface area contributed by atoms with Gasteiger partial charge in [-0.2, -0.15) is 0 Å². The first-order valence-electron chi connectivity index (χ1n) is 6.59. The summed E-state index contributed by atoms with van der Waals surface area (Å²) in [5.74, 6) is -0.296. The lowest BCUT2D eigenvalue weighted by Gasteiger charge is -2.22. The second kappa shape index (κ2) is 6.49. The molecule has 0 atom stereocenters. The second-order valence-electron chi connectivity index (χ2n) is 4.61. The van der Waals surface area contributed by atoms with Gasteiger partial charge in [0.15, 0.2) is 5.78 Å². The summed E-state index contributed by atoms with van der Waals surface area (Å²) in [6.07, 6.45) is 0. The Morgan fingerprint density at radius 2 is 2.14 bits per heavy atom. The summed E-state index contributed by atoms with van der Waals surface area (Å²) >= 11 is 1.66. The van der Waals surface area contributed by atoms with Crippen LogP contribution < -0.4 is 4.90 Å². The molecule has 0 fully saturated rings. The van der Waals surface area contributed by atoms with E-state index in [1.165, 1.54) is 17.9 Å². The van der Waals surface area contributed by atoms with E-state index in [0.29, 0.717) is 0 Å². The number of nitrogens with zero attached hydrogens (tertiary/aromatic N) is 2. The highest BCUT2D eigenvalue weighted by Crippen LogP contribution is 2.27. The summed E-state index contributed by atoms with van der Waals surface area (Å²) in [6.45, 7) is 4.85. The van der Waals surface area contributed by atoms with Crippen LogP contribution in [0.1, 0.15) is 29.1 Å². The molecule has 0 unspecified atom stereocenters. The van der Waals surface area contributed by atoms with E-state index in [9.17, 15) is 14.9 Å². The van der Waals surface area contributed by atoms with E-state index in [2.05, 4.69) is 4.90 Å². The highest BCUT2D eigenvalue weighted by atomic mass is 32.1. The molecule has 0 aliphatic rings. The van der Waals surface area contributed by atoms with Gasteiger partial charge < -0.3 is 4.90 Å². The van der Waals surface area contributed by atoms with Gasteiger partial charge in [0.05, 0.1) is 17.0 Å². The van der Waals surface area contributed by atoms with Crippen LogP contribution in [0, 0.1) is 10.1 Å². The molecule has 5 nitrogen and oxygen atoms in total. The summed E-state index contributed by atoms with van der Waals surface area (Å²) in [6, 6.07) is 8.75. The third-order valence-electron chi connectivity index (χ3n) is 3.23. The van der Waals surface area contributed by atoms with E-state index in [4.69, 9.17) is 0 Å². The van der Waals surface area contributed by atoms with Crippen molar-refractivity contribution in [2.24, 2.45) is 0 Å². The molecule has 1 aromatic heterocycles. The fourth-order valence-electron chi connectivity index (χ4n) is 2.14. The summed E-state index contributed by atoms with van der Waals surface area (Å²) in [5, 5.41) is 13.0. The summed E-state index contributed by atoms with van der Waals surface area (Å²) in [5.41, 5.74) is 0.835. The standard InChI is InChI=1S/C15H16N2O3S/c1-3-16(10-13-5-4-8-21-13)12-6-7-15(17(19)20)14(9-12)11(2)18/h4-9H,3,10H2,1-2H3. The topological polar surface area (TPSA) is 63.4 Å². The number of thiophene rings is 1. The third kappa shape index (κ3) is 3.46. The van der Waals surface area contributed by atoms with Crippen molar-refractivity contribution in [2.75, 3.05) is 11.4 Å². The van der Waals surface area contributed by atoms with Gasteiger partial charge in [0.25, 0.3) is 5.69 Å². The van der Waals surface area contributed by atoms with Gasteiger partial charge in [0.1, 0.15) is 0 Å². The molecule has 0 aliphatic heterocycles. The van der Waals surface area contributed by atoms with E-state index in [-0.39, 0.29) is 17.0 Å². The Morgan fingerprint density at radius 3 is 2.67 bits per heavy atom. The van der Waals surface area contributed by atoms with Crippen molar-refractivity contribution in [3.63, 3.8) is 0 Å². The van der Waals surface area contributed by atoms with Crippen LogP contribution in [0.3, 0.4) is 0 Å². The molecule has 2 rings (SSSR count). The van der Waals surface area contributed by atoms with Crippen molar-refractivity contribution >= 4 is 28.5 Å². The number of nitro groups is 1. The van der Waals surface area contributed by atoms with E-state index in [1.54, 1.807) is 23.5 Å².